The molecule has 3 unspecified atom stereocenters. The topological polar surface area (TPSA) is 62.8 Å². The Balaban J connectivity index is 1.36. The second-order valence-corrected chi connectivity index (χ2v) is 8.84. The highest BCUT2D eigenvalue weighted by molar-refractivity contribution is 5.59. The van der Waals surface area contributed by atoms with Crippen LogP contribution in [0.5, 0.6) is 5.75 Å². The first-order valence-electron chi connectivity index (χ1n) is 11.4. The molecular formula is C25H32N2O3. The van der Waals surface area contributed by atoms with Crippen molar-refractivity contribution < 1.29 is 14.6 Å². The van der Waals surface area contributed by atoms with Crippen LogP contribution in [-0.4, -0.2) is 36.6 Å². The third kappa shape index (κ3) is 4.48. The molecule has 3 aliphatic rings. The van der Waals surface area contributed by atoms with Gasteiger partial charge in [0.15, 0.2) is 0 Å². The predicted molar refractivity (Wildman–Crippen MR) is 118 cm³/mol. The van der Waals surface area contributed by atoms with Crippen LogP contribution in [0.2, 0.25) is 0 Å². The Bertz CT molecular complexity index is 894. The Morgan fingerprint density at radius 1 is 1.10 bits per heavy atom. The smallest absolute Gasteiger partial charge is 0.142 e. The number of anilines is 1. The summed E-state index contributed by atoms with van der Waals surface area (Å²) in [5, 5.41) is 17.4. The lowest BCUT2D eigenvalue weighted by Gasteiger charge is -2.34. The van der Waals surface area contributed by atoms with Crippen LogP contribution >= 0.6 is 0 Å². The molecule has 0 radical (unpaired) electrons. The van der Waals surface area contributed by atoms with E-state index in [1.165, 1.54) is 35.1 Å². The zero-order valence-corrected chi connectivity index (χ0v) is 17.7. The summed E-state index contributed by atoms with van der Waals surface area (Å²) in [7, 11) is 0. The van der Waals surface area contributed by atoms with Gasteiger partial charge < -0.3 is 19.9 Å². The van der Waals surface area contributed by atoms with Gasteiger partial charge in [-0.3, -0.25) is 5.32 Å². The minimum Gasteiger partial charge on any atom is -0.490 e. The van der Waals surface area contributed by atoms with Gasteiger partial charge in [0.2, 0.25) is 0 Å². The maximum absolute atomic E-state index is 10.4. The molecule has 1 saturated heterocycles. The Kier molecular flexibility index (Phi) is 5.68. The Morgan fingerprint density at radius 3 is 2.83 bits per heavy atom. The number of rotatable bonds is 6. The van der Waals surface area contributed by atoms with Crippen LogP contribution in [0.4, 0.5) is 5.69 Å². The highest BCUT2D eigenvalue weighted by Gasteiger charge is 2.33. The van der Waals surface area contributed by atoms with Gasteiger partial charge in [-0.25, -0.2) is 0 Å². The minimum absolute atomic E-state index is 0.0488. The zero-order valence-electron chi connectivity index (χ0n) is 17.7. The minimum atomic E-state index is -0.318. The Hall–Kier alpha value is -2.08. The largest absolute Gasteiger partial charge is 0.490 e. The summed E-state index contributed by atoms with van der Waals surface area (Å²) in [6.45, 7) is 3.78. The van der Waals surface area contributed by atoms with Gasteiger partial charge in [-0.1, -0.05) is 31.2 Å². The first-order chi connectivity index (χ1) is 14.7. The summed E-state index contributed by atoms with van der Waals surface area (Å²) in [6, 6.07) is 13.7. The van der Waals surface area contributed by atoms with E-state index in [0.717, 1.165) is 37.4 Å². The van der Waals surface area contributed by atoms with Crippen molar-refractivity contribution >= 4 is 5.69 Å². The number of benzene rings is 2. The van der Waals surface area contributed by atoms with E-state index in [0.29, 0.717) is 18.9 Å². The van der Waals surface area contributed by atoms with E-state index in [2.05, 4.69) is 54.0 Å². The molecule has 1 aliphatic carbocycles. The van der Waals surface area contributed by atoms with Crippen molar-refractivity contribution in [2.75, 3.05) is 18.5 Å². The Morgan fingerprint density at radius 2 is 2.00 bits per heavy atom. The molecule has 2 heterocycles. The molecule has 0 aromatic heterocycles. The van der Waals surface area contributed by atoms with E-state index >= 15 is 0 Å². The average Bonchev–Trinajstić information content (AvgIpc) is 3.57. The third-order valence-corrected chi connectivity index (χ3v) is 6.40. The summed E-state index contributed by atoms with van der Waals surface area (Å²) in [5.74, 6) is 0.938. The molecule has 2 aromatic carbocycles. The number of hydrogen-bond acceptors (Lipinski definition) is 5. The molecule has 2 aliphatic heterocycles. The maximum atomic E-state index is 10.4. The highest BCUT2D eigenvalue weighted by Crippen LogP contribution is 2.34. The molecule has 5 heteroatoms. The molecule has 1 saturated carbocycles. The normalized spacial score (nSPS) is 25.9. The second kappa shape index (κ2) is 8.58. The number of ether oxygens (including phenoxy) is 2. The highest BCUT2D eigenvalue weighted by atomic mass is 16.5. The summed E-state index contributed by atoms with van der Waals surface area (Å²) in [5.41, 5.74) is 6.23. The lowest BCUT2D eigenvalue weighted by atomic mass is 9.91. The monoisotopic (exact) mass is 408 g/mol. The summed E-state index contributed by atoms with van der Waals surface area (Å²) in [6.07, 6.45) is 5.23. The lowest BCUT2D eigenvalue weighted by molar-refractivity contribution is -0.111. The predicted octanol–water partition coefficient (Wildman–Crippen LogP) is 3.93. The van der Waals surface area contributed by atoms with E-state index in [9.17, 15) is 5.11 Å². The molecule has 3 atom stereocenters. The van der Waals surface area contributed by atoms with Crippen molar-refractivity contribution in [1.82, 2.24) is 5.32 Å². The van der Waals surface area contributed by atoms with Gasteiger partial charge in [-0.05, 0) is 60.1 Å². The quantitative estimate of drug-likeness (QED) is 0.676. The SMILES string of the molecule is CCc1ccc(C2CC(O)CC(NC3CC3)O2)cc1Cc1ccc2c(c1)NCCO2. The van der Waals surface area contributed by atoms with E-state index in [-0.39, 0.29) is 18.4 Å². The third-order valence-electron chi connectivity index (χ3n) is 6.40. The number of aliphatic hydroxyl groups excluding tert-OH is 1. The van der Waals surface area contributed by atoms with Crippen LogP contribution in [0, 0.1) is 0 Å². The fourth-order valence-electron chi connectivity index (χ4n) is 4.61. The van der Waals surface area contributed by atoms with Crippen LogP contribution in [0.25, 0.3) is 0 Å². The van der Waals surface area contributed by atoms with Gasteiger partial charge in [0.25, 0.3) is 0 Å². The average molecular weight is 409 g/mol. The molecule has 5 rings (SSSR count). The molecule has 160 valence electrons. The molecule has 2 fully saturated rings. The number of fused-ring (bicyclic) bond motifs is 1. The molecule has 0 spiro atoms. The lowest BCUT2D eigenvalue weighted by Crippen LogP contribution is -2.42. The number of aliphatic hydroxyl groups is 1. The molecule has 0 bridgehead atoms. The van der Waals surface area contributed by atoms with Crippen molar-refractivity contribution in [3.8, 4) is 5.75 Å². The van der Waals surface area contributed by atoms with Gasteiger partial charge in [0, 0.05) is 25.4 Å². The number of nitrogens with one attached hydrogen (secondary N) is 2. The van der Waals surface area contributed by atoms with Crippen molar-refractivity contribution in [2.24, 2.45) is 0 Å². The van der Waals surface area contributed by atoms with Gasteiger partial charge in [0.1, 0.15) is 18.6 Å². The van der Waals surface area contributed by atoms with Gasteiger partial charge >= 0.3 is 0 Å². The first-order valence-corrected chi connectivity index (χ1v) is 11.4. The van der Waals surface area contributed by atoms with Crippen molar-refractivity contribution in [2.45, 2.75) is 69.9 Å². The number of aryl methyl sites for hydroxylation is 1. The van der Waals surface area contributed by atoms with Crippen molar-refractivity contribution in [3.05, 3.63) is 58.7 Å². The van der Waals surface area contributed by atoms with E-state index in [1.54, 1.807) is 0 Å². The zero-order chi connectivity index (χ0) is 20.5. The van der Waals surface area contributed by atoms with Crippen molar-refractivity contribution in [3.63, 3.8) is 0 Å². The standard InChI is InChI=1S/C25H32N2O3/c1-2-17-4-5-18(24-14-21(28)15-25(30-24)27-20-6-7-20)13-19(17)11-16-3-8-23-22(12-16)26-9-10-29-23/h3-5,8,12-13,20-21,24-28H,2,6-7,9-11,14-15H2,1H3. The fraction of sp³-hybridized carbons (Fsp3) is 0.520. The van der Waals surface area contributed by atoms with Crippen LogP contribution in [-0.2, 0) is 17.6 Å². The molecule has 0 amide bonds. The second-order valence-electron chi connectivity index (χ2n) is 8.84. The summed E-state index contributed by atoms with van der Waals surface area (Å²) >= 11 is 0. The summed E-state index contributed by atoms with van der Waals surface area (Å²) in [4.78, 5) is 0. The molecule has 30 heavy (non-hydrogen) atoms. The van der Waals surface area contributed by atoms with Crippen molar-refractivity contribution in [1.29, 1.82) is 0 Å². The molecular weight excluding hydrogens is 376 g/mol. The van der Waals surface area contributed by atoms with Crippen LogP contribution in [0.1, 0.15) is 61.0 Å². The van der Waals surface area contributed by atoms with Crippen LogP contribution < -0.4 is 15.4 Å². The fourth-order valence-corrected chi connectivity index (χ4v) is 4.61. The van der Waals surface area contributed by atoms with Gasteiger partial charge in [-0.2, -0.15) is 0 Å². The molecule has 2 aromatic rings. The summed E-state index contributed by atoms with van der Waals surface area (Å²) < 4.78 is 12.1. The van der Waals surface area contributed by atoms with Gasteiger partial charge in [0.05, 0.1) is 17.9 Å². The van der Waals surface area contributed by atoms with E-state index in [1.807, 2.05) is 0 Å². The first kappa shape index (κ1) is 19.9. The Labute approximate surface area is 178 Å². The van der Waals surface area contributed by atoms with Gasteiger partial charge in [-0.15, -0.1) is 0 Å². The van der Waals surface area contributed by atoms with Crippen LogP contribution in [0.15, 0.2) is 36.4 Å². The maximum Gasteiger partial charge on any atom is 0.142 e. The number of hydrogen-bond donors (Lipinski definition) is 3. The van der Waals surface area contributed by atoms with E-state index < -0.39 is 0 Å². The molecule has 3 N–H and O–H groups in total. The van der Waals surface area contributed by atoms with Crippen LogP contribution in [0.3, 0.4) is 0 Å². The molecule has 5 nitrogen and oxygen atoms in total. The van der Waals surface area contributed by atoms with E-state index in [4.69, 9.17) is 9.47 Å².